The quantitative estimate of drug-likeness (QED) is 0.263. The Labute approximate surface area is 119 Å². The van der Waals surface area contributed by atoms with Gasteiger partial charge in [-0.05, 0) is 13.8 Å². The van der Waals surface area contributed by atoms with Gasteiger partial charge in [-0.3, -0.25) is 19.7 Å². The molecule has 0 bridgehead atoms. The number of nitrogens with zero attached hydrogens (tertiary/aromatic N) is 1. The van der Waals surface area contributed by atoms with E-state index in [2.05, 4.69) is 4.74 Å². The largest absolute Gasteiger partial charge is 0.490 e. The normalized spacial score (nSPS) is 10.1. The number of carbonyl (C=O) groups excluding carboxylic acids is 2. The van der Waals surface area contributed by atoms with E-state index < -0.39 is 40.2 Å². The summed E-state index contributed by atoms with van der Waals surface area (Å²) >= 11 is 0. The predicted octanol–water partition coefficient (Wildman–Crippen LogP) is 2.19. The van der Waals surface area contributed by atoms with Crippen LogP contribution < -0.4 is 4.74 Å². The molecule has 1 aromatic rings. The molecule has 7 nitrogen and oxygen atoms in total. The number of carbonyl (C=O) groups is 2. The van der Waals surface area contributed by atoms with Crippen LogP contribution in [0.3, 0.4) is 0 Å². The minimum atomic E-state index is -1.04. The summed E-state index contributed by atoms with van der Waals surface area (Å²) in [4.78, 5) is 33.2. The van der Waals surface area contributed by atoms with Crippen LogP contribution in [-0.4, -0.2) is 30.4 Å². The Morgan fingerprint density at radius 2 is 2.05 bits per heavy atom. The second-order valence-corrected chi connectivity index (χ2v) is 4.08. The van der Waals surface area contributed by atoms with Gasteiger partial charge in [0.2, 0.25) is 0 Å². The fraction of sp³-hybridized carbons (Fsp3) is 0.385. The number of nitro benzene ring substituents is 1. The predicted molar refractivity (Wildman–Crippen MR) is 69.9 cm³/mol. The number of esters is 1. The van der Waals surface area contributed by atoms with Gasteiger partial charge in [0.05, 0.1) is 29.8 Å². The molecule has 0 aliphatic carbocycles. The molecule has 0 heterocycles. The van der Waals surface area contributed by atoms with Gasteiger partial charge >= 0.3 is 11.7 Å². The number of rotatable bonds is 6. The van der Waals surface area contributed by atoms with E-state index in [1.807, 2.05) is 0 Å². The van der Waals surface area contributed by atoms with Crippen LogP contribution in [0.25, 0.3) is 0 Å². The lowest BCUT2D eigenvalue weighted by molar-refractivity contribution is -0.386. The number of hydrogen-bond donors (Lipinski definition) is 0. The van der Waals surface area contributed by atoms with Gasteiger partial charge in [0.15, 0.2) is 11.5 Å². The third-order valence-electron chi connectivity index (χ3n) is 2.74. The van der Waals surface area contributed by atoms with Crippen LogP contribution in [0.15, 0.2) is 6.07 Å². The van der Waals surface area contributed by atoms with Crippen LogP contribution >= 0.6 is 0 Å². The maximum Gasteiger partial charge on any atom is 0.316 e. The Morgan fingerprint density at radius 3 is 2.52 bits per heavy atom. The molecule has 114 valence electrons. The van der Waals surface area contributed by atoms with E-state index in [-0.39, 0.29) is 17.9 Å². The number of benzene rings is 1. The summed E-state index contributed by atoms with van der Waals surface area (Å²) < 4.78 is 23.5. The van der Waals surface area contributed by atoms with Crippen molar-refractivity contribution >= 4 is 17.4 Å². The van der Waals surface area contributed by atoms with Crippen molar-refractivity contribution in [3.05, 3.63) is 33.1 Å². The van der Waals surface area contributed by atoms with Crippen LogP contribution in [0.1, 0.15) is 29.3 Å². The SMILES string of the molecule is CCOC(=O)CC(=O)c1cc(OC)c([N+](=O)[O-])c(C)c1F. The van der Waals surface area contributed by atoms with E-state index in [1.54, 1.807) is 6.92 Å². The van der Waals surface area contributed by atoms with Crippen LogP contribution in [0.2, 0.25) is 0 Å². The third-order valence-corrected chi connectivity index (χ3v) is 2.74. The van der Waals surface area contributed by atoms with Gasteiger partial charge in [0.25, 0.3) is 0 Å². The maximum atomic E-state index is 14.1. The number of Topliss-reactive ketones (excluding diaryl/α,β-unsaturated/α-hetero) is 1. The fourth-order valence-electron chi connectivity index (χ4n) is 1.78. The molecule has 0 aliphatic heterocycles. The molecule has 0 aromatic heterocycles. The lowest BCUT2D eigenvalue weighted by atomic mass is 10.0. The fourth-order valence-corrected chi connectivity index (χ4v) is 1.78. The molecule has 0 radical (unpaired) electrons. The van der Waals surface area contributed by atoms with Gasteiger partial charge in [-0.25, -0.2) is 4.39 Å². The molecule has 1 rings (SSSR count). The van der Waals surface area contributed by atoms with Crippen LogP contribution in [0.4, 0.5) is 10.1 Å². The molecule has 0 saturated carbocycles. The Kier molecular flexibility index (Phi) is 5.34. The smallest absolute Gasteiger partial charge is 0.316 e. The van der Waals surface area contributed by atoms with E-state index in [4.69, 9.17) is 4.74 Å². The number of ether oxygens (including phenoxy) is 2. The van der Waals surface area contributed by atoms with Crippen LogP contribution in [0, 0.1) is 22.9 Å². The summed E-state index contributed by atoms with van der Waals surface area (Å²) in [5.74, 6) is -2.91. The summed E-state index contributed by atoms with van der Waals surface area (Å²) in [6.07, 6.45) is -0.648. The average molecular weight is 299 g/mol. The second kappa shape index (κ2) is 6.78. The van der Waals surface area contributed by atoms with Crippen LogP contribution in [0.5, 0.6) is 5.75 Å². The first kappa shape index (κ1) is 16.5. The number of ketones is 1. The zero-order valence-corrected chi connectivity index (χ0v) is 11.8. The molecule has 0 unspecified atom stereocenters. The zero-order valence-electron chi connectivity index (χ0n) is 11.8. The highest BCUT2D eigenvalue weighted by molar-refractivity contribution is 6.06. The summed E-state index contributed by atoms with van der Waals surface area (Å²) in [7, 11) is 1.17. The minimum Gasteiger partial charge on any atom is -0.490 e. The number of hydrogen-bond acceptors (Lipinski definition) is 6. The minimum absolute atomic E-state index is 0.0945. The molecule has 0 atom stereocenters. The van der Waals surface area contributed by atoms with Crippen molar-refractivity contribution in [1.29, 1.82) is 0 Å². The summed E-state index contributed by atoms with van der Waals surface area (Å²) in [5.41, 5.74) is -1.32. The van der Waals surface area contributed by atoms with E-state index in [9.17, 15) is 24.1 Å². The molecular weight excluding hydrogens is 285 g/mol. The average Bonchev–Trinajstić information content (AvgIpc) is 2.40. The van der Waals surface area contributed by atoms with E-state index >= 15 is 0 Å². The van der Waals surface area contributed by atoms with E-state index in [1.165, 1.54) is 7.11 Å². The first-order chi connectivity index (χ1) is 9.83. The highest BCUT2D eigenvalue weighted by Gasteiger charge is 2.28. The second-order valence-electron chi connectivity index (χ2n) is 4.08. The highest BCUT2D eigenvalue weighted by atomic mass is 19.1. The third kappa shape index (κ3) is 3.53. The summed E-state index contributed by atoms with van der Waals surface area (Å²) in [5, 5.41) is 10.9. The Morgan fingerprint density at radius 1 is 1.43 bits per heavy atom. The Balaban J connectivity index is 3.26. The maximum absolute atomic E-state index is 14.1. The summed E-state index contributed by atoms with van der Waals surface area (Å²) in [6.45, 7) is 2.83. The van der Waals surface area contributed by atoms with Gasteiger partial charge in [-0.1, -0.05) is 0 Å². The lowest BCUT2D eigenvalue weighted by Crippen LogP contribution is -2.14. The Hall–Kier alpha value is -2.51. The molecular formula is C13H14FNO6. The molecule has 0 spiro atoms. The monoisotopic (exact) mass is 299 g/mol. The van der Waals surface area contributed by atoms with Crippen molar-refractivity contribution in [3.8, 4) is 5.75 Å². The van der Waals surface area contributed by atoms with Gasteiger partial charge in [0.1, 0.15) is 12.2 Å². The molecule has 1 aromatic carbocycles. The number of halogens is 1. The highest BCUT2D eigenvalue weighted by Crippen LogP contribution is 2.34. The van der Waals surface area contributed by atoms with Crippen LogP contribution in [-0.2, 0) is 9.53 Å². The lowest BCUT2D eigenvalue weighted by Gasteiger charge is -2.09. The first-order valence-electron chi connectivity index (χ1n) is 6.03. The van der Waals surface area contributed by atoms with Gasteiger partial charge < -0.3 is 9.47 Å². The molecule has 0 fully saturated rings. The van der Waals surface area contributed by atoms with E-state index in [0.717, 1.165) is 13.0 Å². The number of nitro groups is 1. The topological polar surface area (TPSA) is 95.7 Å². The molecule has 21 heavy (non-hydrogen) atoms. The number of methoxy groups -OCH3 is 1. The van der Waals surface area contributed by atoms with Gasteiger partial charge in [0, 0.05) is 6.07 Å². The standard InChI is InChI=1S/C13H14FNO6/c1-4-21-11(17)6-9(16)8-5-10(20-3)13(15(18)19)7(2)12(8)14/h5H,4,6H2,1-3H3. The molecule has 0 saturated heterocycles. The van der Waals surface area contributed by atoms with Crippen molar-refractivity contribution in [2.75, 3.05) is 13.7 Å². The molecule has 0 amide bonds. The molecule has 8 heteroatoms. The first-order valence-corrected chi connectivity index (χ1v) is 6.03. The zero-order chi connectivity index (χ0) is 16.2. The van der Waals surface area contributed by atoms with Crippen molar-refractivity contribution in [1.82, 2.24) is 0 Å². The molecule has 0 aliphatic rings. The van der Waals surface area contributed by atoms with Crippen molar-refractivity contribution in [2.45, 2.75) is 20.3 Å². The van der Waals surface area contributed by atoms with Gasteiger partial charge in [-0.2, -0.15) is 0 Å². The Bertz CT molecular complexity index is 599. The van der Waals surface area contributed by atoms with Gasteiger partial charge in [-0.15, -0.1) is 0 Å². The van der Waals surface area contributed by atoms with Crippen molar-refractivity contribution in [2.24, 2.45) is 0 Å². The summed E-state index contributed by atoms with van der Waals surface area (Å²) in [6, 6.07) is 0.919. The molecule has 0 N–H and O–H groups in total. The van der Waals surface area contributed by atoms with Crippen molar-refractivity contribution in [3.63, 3.8) is 0 Å². The van der Waals surface area contributed by atoms with E-state index in [0.29, 0.717) is 0 Å². The van der Waals surface area contributed by atoms with Crippen molar-refractivity contribution < 1.29 is 28.4 Å².